The average molecular weight is 557 g/mol. The van der Waals surface area contributed by atoms with Crippen molar-refractivity contribution >= 4 is 5.95 Å². The Kier molecular flexibility index (Phi) is 8.50. The lowest BCUT2D eigenvalue weighted by Crippen LogP contribution is -2.31. The molecule has 1 aromatic heterocycles. The summed E-state index contributed by atoms with van der Waals surface area (Å²) < 4.78 is 87.2. The zero-order valence-corrected chi connectivity index (χ0v) is 21.6. The van der Waals surface area contributed by atoms with Crippen molar-refractivity contribution in [1.29, 1.82) is 0 Å². The third-order valence-electron chi connectivity index (χ3n) is 6.70. The third kappa shape index (κ3) is 6.70. The molecule has 2 aromatic carbocycles. The molecule has 0 spiro atoms. The minimum absolute atomic E-state index is 0.0895. The number of halogens is 6. The van der Waals surface area contributed by atoms with Crippen molar-refractivity contribution in [3.63, 3.8) is 0 Å². The van der Waals surface area contributed by atoms with Gasteiger partial charge in [-0.3, -0.25) is 0 Å². The highest BCUT2D eigenvalue weighted by Gasteiger charge is 2.37. The minimum Gasteiger partial charge on any atom is -0.372 e. The van der Waals surface area contributed by atoms with Crippen LogP contribution in [0.3, 0.4) is 0 Å². The molecule has 212 valence electrons. The van der Waals surface area contributed by atoms with Gasteiger partial charge in [-0.05, 0) is 64.6 Å². The summed E-state index contributed by atoms with van der Waals surface area (Å²) in [5.41, 5.74) is 6.55. The zero-order chi connectivity index (χ0) is 28.4. The molecule has 0 fully saturated rings. The number of hydrogen-bond donors (Lipinski definition) is 1. The number of nitrogens with two attached hydrogens (primary N) is 1. The number of nitrogens with zero attached hydrogens (tertiary/aromatic N) is 5. The first-order valence-corrected chi connectivity index (χ1v) is 12.6. The van der Waals surface area contributed by atoms with E-state index in [2.05, 4.69) is 15.4 Å². The van der Waals surface area contributed by atoms with Crippen LogP contribution in [0, 0.1) is 6.92 Å². The molecule has 0 bridgehead atoms. The number of benzene rings is 2. The fourth-order valence-electron chi connectivity index (χ4n) is 4.79. The van der Waals surface area contributed by atoms with Gasteiger partial charge in [-0.25, -0.2) is 0 Å². The third-order valence-corrected chi connectivity index (χ3v) is 6.70. The van der Waals surface area contributed by atoms with Gasteiger partial charge in [0.2, 0.25) is 0 Å². The Bertz CT molecular complexity index is 1260. The summed E-state index contributed by atoms with van der Waals surface area (Å²) in [5, 5.41) is 12.5. The Hall–Kier alpha value is -3.19. The van der Waals surface area contributed by atoms with Crippen LogP contribution < -0.4 is 10.6 Å². The monoisotopic (exact) mass is 556 g/mol. The van der Waals surface area contributed by atoms with Gasteiger partial charge in [0, 0.05) is 13.1 Å². The maximum atomic E-state index is 13.6. The molecule has 1 atom stereocenters. The highest BCUT2D eigenvalue weighted by Crippen LogP contribution is 2.39. The van der Waals surface area contributed by atoms with E-state index in [4.69, 9.17) is 10.5 Å². The normalized spacial score (nSPS) is 14.5. The number of ether oxygens (including phenoxy) is 1. The summed E-state index contributed by atoms with van der Waals surface area (Å²) in [5.74, 6) is 0.0895. The maximum absolute atomic E-state index is 13.6. The van der Waals surface area contributed by atoms with Crippen molar-refractivity contribution in [3.8, 4) is 0 Å². The van der Waals surface area contributed by atoms with Gasteiger partial charge in [0.15, 0.2) is 0 Å². The lowest BCUT2D eigenvalue weighted by molar-refractivity contribution is -0.143. The molecule has 13 heteroatoms. The Labute approximate surface area is 221 Å². The first-order valence-electron chi connectivity index (χ1n) is 12.6. The Morgan fingerprint density at radius 1 is 1.00 bits per heavy atom. The lowest BCUT2D eigenvalue weighted by atomic mass is 9.91. The van der Waals surface area contributed by atoms with Gasteiger partial charge < -0.3 is 15.4 Å². The van der Waals surface area contributed by atoms with Crippen molar-refractivity contribution in [2.45, 2.75) is 77.8 Å². The molecule has 2 heterocycles. The summed E-state index contributed by atoms with van der Waals surface area (Å²) in [4.78, 5) is 2.89. The van der Waals surface area contributed by atoms with Crippen LogP contribution in [-0.2, 0) is 43.4 Å². The number of aromatic nitrogens is 4. The summed E-state index contributed by atoms with van der Waals surface area (Å²) in [6.45, 7) is 5.01. The van der Waals surface area contributed by atoms with Gasteiger partial charge in [0.1, 0.15) is 0 Å². The molecule has 0 unspecified atom stereocenters. The number of alkyl halides is 6. The number of unbranched alkanes of at least 4 members (excludes halogenated alkanes) is 1. The van der Waals surface area contributed by atoms with Gasteiger partial charge in [0.25, 0.3) is 5.95 Å². The molecule has 7 nitrogen and oxygen atoms in total. The molecule has 4 rings (SSSR count). The zero-order valence-electron chi connectivity index (χ0n) is 21.6. The summed E-state index contributed by atoms with van der Waals surface area (Å²) >= 11 is 0. The Morgan fingerprint density at radius 3 is 2.23 bits per heavy atom. The van der Waals surface area contributed by atoms with E-state index in [-0.39, 0.29) is 37.2 Å². The highest BCUT2D eigenvalue weighted by atomic mass is 19.4. The molecule has 1 aliphatic heterocycles. The van der Waals surface area contributed by atoms with Gasteiger partial charge in [-0.15, -0.1) is 5.10 Å². The van der Waals surface area contributed by atoms with E-state index < -0.39 is 29.5 Å². The number of tetrazole rings is 1. The predicted molar refractivity (Wildman–Crippen MR) is 131 cm³/mol. The molecule has 0 radical (unpaired) electrons. The SMILES string of the molecule is CCCC[C@@H](c1cc2c(cc1C)COC2)N(Cc1cc(C(F)(F)F)cc(C(F)(F)F)c1)c1nnn(CCN)n1. The van der Waals surface area contributed by atoms with Crippen molar-refractivity contribution in [2.24, 2.45) is 5.73 Å². The van der Waals surface area contributed by atoms with Crippen molar-refractivity contribution in [3.05, 3.63) is 69.3 Å². The van der Waals surface area contributed by atoms with E-state index in [1.165, 1.54) is 4.80 Å². The standard InChI is InChI=1S/C26H30F6N6O/c1-3-4-5-23(22-11-19-15-39-14-18(19)8-16(22)2)37(24-34-36-38(35-24)7-6-33)13-17-9-20(25(27,28)29)12-21(10-17)26(30,31)32/h8-12,23H,3-7,13-15,33H2,1-2H3/t23-/m0/s1. The topological polar surface area (TPSA) is 82.1 Å². The second kappa shape index (κ2) is 11.5. The quantitative estimate of drug-likeness (QED) is 0.311. The van der Waals surface area contributed by atoms with Gasteiger partial charge in [-0.1, -0.05) is 37.0 Å². The van der Waals surface area contributed by atoms with Crippen LogP contribution in [0.25, 0.3) is 0 Å². The van der Waals surface area contributed by atoms with Crippen molar-refractivity contribution < 1.29 is 31.1 Å². The van der Waals surface area contributed by atoms with E-state index in [0.717, 1.165) is 47.2 Å². The smallest absolute Gasteiger partial charge is 0.372 e. The van der Waals surface area contributed by atoms with Gasteiger partial charge >= 0.3 is 12.4 Å². The maximum Gasteiger partial charge on any atom is 0.416 e. The molecule has 1 aliphatic rings. The second-order valence-electron chi connectivity index (χ2n) is 9.64. The van der Waals surface area contributed by atoms with E-state index in [1.807, 2.05) is 26.0 Å². The fraction of sp³-hybridized carbons (Fsp3) is 0.500. The molecular weight excluding hydrogens is 526 g/mol. The molecule has 0 amide bonds. The van der Waals surface area contributed by atoms with E-state index in [0.29, 0.717) is 19.6 Å². The Morgan fingerprint density at radius 2 is 1.64 bits per heavy atom. The first kappa shape index (κ1) is 28.8. The van der Waals surface area contributed by atoms with Crippen molar-refractivity contribution in [1.82, 2.24) is 20.2 Å². The van der Waals surface area contributed by atoms with Crippen LogP contribution in [0.2, 0.25) is 0 Å². The first-order chi connectivity index (χ1) is 18.4. The van der Waals surface area contributed by atoms with E-state index >= 15 is 0 Å². The summed E-state index contributed by atoms with van der Waals surface area (Å²) in [7, 11) is 0. The number of aryl methyl sites for hydroxylation is 1. The molecule has 3 aromatic rings. The molecule has 0 aliphatic carbocycles. The summed E-state index contributed by atoms with van der Waals surface area (Å²) in [6, 6.07) is 5.18. The van der Waals surface area contributed by atoms with Crippen molar-refractivity contribution in [2.75, 3.05) is 11.4 Å². The molecular formula is C26H30F6N6O. The van der Waals surface area contributed by atoms with Crippen LogP contribution in [-0.4, -0.2) is 26.8 Å². The molecule has 2 N–H and O–H groups in total. The fourth-order valence-corrected chi connectivity index (χ4v) is 4.79. The lowest BCUT2D eigenvalue weighted by Gasteiger charge is -2.33. The predicted octanol–water partition coefficient (Wildman–Crippen LogP) is 5.95. The van der Waals surface area contributed by atoms with E-state index in [1.54, 1.807) is 4.90 Å². The number of rotatable bonds is 10. The van der Waals surface area contributed by atoms with Crippen LogP contribution in [0.4, 0.5) is 32.3 Å². The molecule has 39 heavy (non-hydrogen) atoms. The van der Waals surface area contributed by atoms with Crippen LogP contribution in [0.1, 0.15) is 71.2 Å². The van der Waals surface area contributed by atoms with Crippen LogP contribution >= 0.6 is 0 Å². The average Bonchev–Trinajstić information content (AvgIpc) is 3.51. The number of hydrogen-bond acceptors (Lipinski definition) is 6. The summed E-state index contributed by atoms with van der Waals surface area (Å²) in [6.07, 6.45) is -7.77. The molecule has 0 saturated heterocycles. The highest BCUT2D eigenvalue weighted by molar-refractivity contribution is 5.46. The largest absolute Gasteiger partial charge is 0.416 e. The van der Waals surface area contributed by atoms with Gasteiger partial charge in [0.05, 0.1) is 36.9 Å². The number of anilines is 1. The number of fused-ring (bicyclic) bond motifs is 1. The van der Waals surface area contributed by atoms with E-state index in [9.17, 15) is 26.3 Å². The Balaban J connectivity index is 1.85. The minimum atomic E-state index is -4.96. The van der Waals surface area contributed by atoms with Crippen LogP contribution in [0.15, 0.2) is 30.3 Å². The second-order valence-corrected chi connectivity index (χ2v) is 9.64. The molecule has 0 saturated carbocycles. The van der Waals surface area contributed by atoms with Gasteiger partial charge in [-0.2, -0.15) is 31.1 Å². The van der Waals surface area contributed by atoms with Crippen LogP contribution in [0.5, 0.6) is 0 Å².